The number of hydrogen-bond donors (Lipinski definition) is 1. The van der Waals surface area contributed by atoms with E-state index in [0.717, 1.165) is 31.4 Å². The Hall–Kier alpha value is -1.97. The molecule has 1 aromatic rings. The van der Waals surface area contributed by atoms with Crippen molar-refractivity contribution in [2.45, 2.75) is 38.6 Å². The van der Waals surface area contributed by atoms with E-state index in [1.165, 1.54) is 31.9 Å². The maximum Gasteiger partial charge on any atom is 0.210 e. The molecule has 4 nitrogen and oxygen atoms in total. The van der Waals surface area contributed by atoms with Crippen LogP contribution in [-0.2, 0) is 11.3 Å². The van der Waals surface area contributed by atoms with Gasteiger partial charge in [-0.05, 0) is 49.8 Å². The first-order chi connectivity index (χ1) is 10.2. The number of rotatable bonds is 7. The third kappa shape index (κ3) is 4.52. The second-order valence-electron chi connectivity index (χ2n) is 5.44. The number of amides is 1. The molecular formula is C17H23NO3. The SMILES string of the molecule is COc1ccc(CN(C=O)CCC2=CCCCC2)cc1O. The van der Waals surface area contributed by atoms with Gasteiger partial charge >= 0.3 is 0 Å². The highest BCUT2D eigenvalue weighted by atomic mass is 16.5. The van der Waals surface area contributed by atoms with Crippen molar-refractivity contribution >= 4 is 6.41 Å². The third-order valence-corrected chi connectivity index (χ3v) is 3.88. The summed E-state index contributed by atoms with van der Waals surface area (Å²) in [7, 11) is 1.52. The average Bonchev–Trinajstić information content (AvgIpc) is 2.52. The van der Waals surface area contributed by atoms with Gasteiger partial charge in [0.2, 0.25) is 6.41 Å². The minimum Gasteiger partial charge on any atom is -0.504 e. The molecule has 1 N–H and O–H groups in total. The topological polar surface area (TPSA) is 49.8 Å². The van der Waals surface area contributed by atoms with Gasteiger partial charge in [-0.25, -0.2) is 0 Å². The predicted octanol–water partition coefficient (Wildman–Crippen LogP) is 3.25. The molecule has 0 fully saturated rings. The number of methoxy groups -OCH3 is 1. The number of nitrogens with zero attached hydrogens (tertiary/aromatic N) is 1. The van der Waals surface area contributed by atoms with E-state index in [2.05, 4.69) is 6.08 Å². The van der Waals surface area contributed by atoms with Gasteiger partial charge in [0, 0.05) is 13.1 Å². The van der Waals surface area contributed by atoms with Crippen LogP contribution in [-0.4, -0.2) is 30.1 Å². The monoisotopic (exact) mass is 289 g/mol. The highest BCUT2D eigenvalue weighted by Gasteiger charge is 2.09. The van der Waals surface area contributed by atoms with Crippen LogP contribution in [0, 0.1) is 0 Å². The molecule has 1 amide bonds. The van der Waals surface area contributed by atoms with Gasteiger partial charge in [0.15, 0.2) is 11.5 Å². The Morgan fingerprint density at radius 3 is 2.86 bits per heavy atom. The zero-order valence-corrected chi connectivity index (χ0v) is 12.5. The van der Waals surface area contributed by atoms with Crippen LogP contribution in [0.2, 0.25) is 0 Å². The molecule has 0 heterocycles. The lowest BCUT2D eigenvalue weighted by Gasteiger charge is -2.20. The summed E-state index contributed by atoms with van der Waals surface area (Å²) in [6, 6.07) is 5.24. The van der Waals surface area contributed by atoms with Crippen molar-refractivity contribution in [3.8, 4) is 11.5 Å². The van der Waals surface area contributed by atoms with Crippen molar-refractivity contribution in [3.05, 3.63) is 35.4 Å². The fraction of sp³-hybridized carbons (Fsp3) is 0.471. The Kier molecular flexibility index (Phi) is 5.67. The maximum absolute atomic E-state index is 11.2. The molecule has 0 unspecified atom stereocenters. The number of carbonyl (C=O) groups is 1. The summed E-state index contributed by atoms with van der Waals surface area (Å²) in [5, 5.41) is 9.77. The number of hydrogen-bond acceptors (Lipinski definition) is 3. The van der Waals surface area contributed by atoms with Crippen LogP contribution < -0.4 is 4.74 Å². The number of carbonyl (C=O) groups excluding carboxylic acids is 1. The van der Waals surface area contributed by atoms with Gasteiger partial charge in [0.25, 0.3) is 0 Å². The van der Waals surface area contributed by atoms with Crippen molar-refractivity contribution in [3.63, 3.8) is 0 Å². The van der Waals surface area contributed by atoms with E-state index in [0.29, 0.717) is 12.3 Å². The Labute approximate surface area is 126 Å². The van der Waals surface area contributed by atoms with Crippen molar-refractivity contribution in [1.29, 1.82) is 0 Å². The molecule has 0 radical (unpaired) electrons. The van der Waals surface area contributed by atoms with Gasteiger partial charge in [-0.15, -0.1) is 0 Å². The summed E-state index contributed by atoms with van der Waals surface area (Å²) in [6.07, 6.45) is 9.02. The van der Waals surface area contributed by atoms with Crippen molar-refractivity contribution in [1.82, 2.24) is 4.90 Å². The Morgan fingerprint density at radius 1 is 1.38 bits per heavy atom. The molecule has 1 aliphatic carbocycles. The van der Waals surface area contributed by atoms with Gasteiger partial charge in [-0.2, -0.15) is 0 Å². The van der Waals surface area contributed by atoms with E-state index in [1.54, 1.807) is 17.0 Å². The molecular weight excluding hydrogens is 266 g/mol. The number of allylic oxidation sites excluding steroid dienone is 1. The fourth-order valence-corrected chi connectivity index (χ4v) is 2.66. The van der Waals surface area contributed by atoms with Crippen molar-refractivity contribution in [2.24, 2.45) is 0 Å². The molecule has 21 heavy (non-hydrogen) atoms. The molecule has 0 spiro atoms. The van der Waals surface area contributed by atoms with E-state index in [1.807, 2.05) is 6.07 Å². The quantitative estimate of drug-likeness (QED) is 0.619. The van der Waals surface area contributed by atoms with Crippen LogP contribution in [0.25, 0.3) is 0 Å². The second-order valence-corrected chi connectivity index (χ2v) is 5.44. The van der Waals surface area contributed by atoms with E-state index in [9.17, 15) is 9.90 Å². The summed E-state index contributed by atoms with van der Waals surface area (Å²) in [6.45, 7) is 1.23. The van der Waals surface area contributed by atoms with Gasteiger partial charge in [0.05, 0.1) is 7.11 Å². The second kappa shape index (κ2) is 7.72. The number of ether oxygens (including phenoxy) is 1. The van der Waals surface area contributed by atoms with E-state index < -0.39 is 0 Å². The minimum atomic E-state index is 0.107. The van der Waals surface area contributed by atoms with E-state index in [-0.39, 0.29) is 5.75 Å². The lowest BCUT2D eigenvalue weighted by atomic mass is 9.97. The lowest BCUT2D eigenvalue weighted by Crippen LogP contribution is -2.23. The minimum absolute atomic E-state index is 0.107. The van der Waals surface area contributed by atoms with E-state index >= 15 is 0 Å². The molecule has 0 bridgehead atoms. The van der Waals surface area contributed by atoms with E-state index in [4.69, 9.17) is 4.74 Å². The third-order valence-electron chi connectivity index (χ3n) is 3.88. The maximum atomic E-state index is 11.2. The first kappa shape index (κ1) is 15.4. The van der Waals surface area contributed by atoms with Crippen LogP contribution in [0.15, 0.2) is 29.8 Å². The molecule has 0 aromatic heterocycles. The Morgan fingerprint density at radius 2 is 2.24 bits per heavy atom. The highest BCUT2D eigenvalue weighted by molar-refractivity contribution is 5.48. The van der Waals surface area contributed by atoms with Crippen LogP contribution in [0.4, 0.5) is 0 Å². The average molecular weight is 289 g/mol. The largest absolute Gasteiger partial charge is 0.504 e. The smallest absolute Gasteiger partial charge is 0.210 e. The number of phenolic OH excluding ortho intramolecular Hbond substituents is 1. The van der Waals surface area contributed by atoms with Crippen molar-refractivity contribution in [2.75, 3.05) is 13.7 Å². The number of phenols is 1. The van der Waals surface area contributed by atoms with Crippen LogP contribution in [0.5, 0.6) is 11.5 Å². The first-order valence-corrected chi connectivity index (χ1v) is 7.46. The summed E-state index contributed by atoms with van der Waals surface area (Å²) in [5.74, 6) is 0.555. The van der Waals surface area contributed by atoms with Gasteiger partial charge in [-0.3, -0.25) is 4.79 Å². The zero-order chi connectivity index (χ0) is 15.1. The summed E-state index contributed by atoms with van der Waals surface area (Å²) in [5.41, 5.74) is 2.36. The van der Waals surface area contributed by atoms with Gasteiger partial charge < -0.3 is 14.7 Å². The molecule has 0 saturated carbocycles. The Balaban J connectivity index is 1.90. The molecule has 114 valence electrons. The molecule has 0 saturated heterocycles. The summed E-state index contributed by atoms with van der Waals surface area (Å²) in [4.78, 5) is 13.0. The normalized spacial score (nSPS) is 14.4. The van der Waals surface area contributed by atoms with Crippen molar-refractivity contribution < 1.29 is 14.6 Å². The van der Waals surface area contributed by atoms with Gasteiger partial charge in [0.1, 0.15) is 0 Å². The molecule has 4 heteroatoms. The molecule has 1 aromatic carbocycles. The highest BCUT2D eigenvalue weighted by Crippen LogP contribution is 2.27. The lowest BCUT2D eigenvalue weighted by molar-refractivity contribution is -0.118. The summed E-state index contributed by atoms with van der Waals surface area (Å²) < 4.78 is 5.02. The zero-order valence-electron chi connectivity index (χ0n) is 12.5. The Bertz CT molecular complexity index is 511. The summed E-state index contributed by atoms with van der Waals surface area (Å²) >= 11 is 0. The fourth-order valence-electron chi connectivity index (χ4n) is 2.66. The first-order valence-electron chi connectivity index (χ1n) is 7.46. The van der Waals surface area contributed by atoms with Gasteiger partial charge in [-0.1, -0.05) is 17.7 Å². The molecule has 0 aliphatic heterocycles. The van der Waals surface area contributed by atoms with Crippen LogP contribution >= 0.6 is 0 Å². The number of aromatic hydroxyl groups is 1. The standard InChI is InChI=1S/C17H23NO3/c1-21-17-8-7-15(11-16(17)20)12-18(13-19)10-9-14-5-3-2-4-6-14/h5,7-8,11,13,20H,2-4,6,9-10,12H2,1H3. The molecule has 0 atom stereocenters. The molecule has 2 rings (SSSR count). The van der Waals surface area contributed by atoms with Crippen LogP contribution in [0.3, 0.4) is 0 Å². The number of benzene rings is 1. The van der Waals surface area contributed by atoms with Crippen LogP contribution in [0.1, 0.15) is 37.7 Å². The molecule has 1 aliphatic rings. The predicted molar refractivity (Wildman–Crippen MR) is 82.3 cm³/mol.